The molecule has 6 heteroatoms. The van der Waals surface area contributed by atoms with Crippen molar-refractivity contribution in [3.63, 3.8) is 0 Å². The van der Waals surface area contributed by atoms with Crippen LogP contribution in [0.2, 0.25) is 5.15 Å². The number of nitrogens with one attached hydrogen (secondary N) is 1. The molecule has 2 rings (SSSR count). The first-order valence-corrected chi connectivity index (χ1v) is 6.74. The molecule has 1 aliphatic rings. The van der Waals surface area contributed by atoms with Crippen LogP contribution in [-0.2, 0) is 0 Å². The molecule has 0 spiro atoms. The molecule has 1 N–H and O–H groups in total. The highest BCUT2D eigenvalue weighted by Gasteiger charge is 2.17. The van der Waals surface area contributed by atoms with Gasteiger partial charge in [0, 0.05) is 43.7 Å². The summed E-state index contributed by atoms with van der Waals surface area (Å²) in [5, 5.41) is 12.0. The summed E-state index contributed by atoms with van der Waals surface area (Å²) in [5.41, 5.74) is 0.837. The van der Waals surface area contributed by atoms with Crippen LogP contribution in [-0.4, -0.2) is 42.1 Å². The minimum Gasteiger partial charge on any atom is -0.352 e. The zero-order valence-electron chi connectivity index (χ0n) is 11.2. The summed E-state index contributed by atoms with van der Waals surface area (Å²) in [5.74, 6) is 0.859. The number of aromatic nitrogens is 2. The molecule has 1 aromatic heterocycles. The van der Waals surface area contributed by atoms with E-state index in [-0.39, 0.29) is 0 Å². The Morgan fingerprint density at radius 1 is 1.53 bits per heavy atom. The van der Waals surface area contributed by atoms with Gasteiger partial charge in [-0.3, -0.25) is 4.99 Å². The lowest BCUT2D eigenvalue weighted by atomic mass is 10.2. The first-order chi connectivity index (χ1) is 9.20. The molecule has 5 nitrogen and oxygen atoms in total. The maximum absolute atomic E-state index is 6.04. The maximum atomic E-state index is 6.04. The number of hydrogen-bond donors (Lipinski definition) is 1. The average molecular weight is 280 g/mol. The molecule has 0 aliphatic carbocycles. The summed E-state index contributed by atoms with van der Waals surface area (Å²) in [6.45, 7) is 6.83. The van der Waals surface area contributed by atoms with Crippen LogP contribution in [0.5, 0.6) is 0 Å². The fraction of sp³-hybridized carbons (Fsp3) is 0.462. The molecule has 1 unspecified atom stereocenters. The summed E-state index contributed by atoms with van der Waals surface area (Å²) in [7, 11) is 0. The first kappa shape index (κ1) is 14.0. The molecule has 1 atom stereocenters. The van der Waals surface area contributed by atoms with E-state index in [0.29, 0.717) is 11.2 Å². The molecule has 2 heterocycles. The van der Waals surface area contributed by atoms with Crippen LogP contribution in [0.1, 0.15) is 19.4 Å². The Hall–Kier alpha value is -1.46. The molecule has 0 saturated carbocycles. The summed E-state index contributed by atoms with van der Waals surface area (Å²) in [4.78, 5) is 6.24. The third-order valence-electron chi connectivity index (χ3n) is 2.95. The smallest absolute Gasteiger partial charge is 0.159 e. The van der Waals surface area contributed by atoms with Crippen molar-refractivity contribution in [2.24, 2.45) is 4.99 Å². The van der Waals surface area contributed by atoms with Crippen LogP contribution in [0.25, 0.3) is 6.08 Å². The molecule has 102 valence electrons. The average Bonchev–Trinajstić information content (AvgIpc) is 2.41. The fourth-order valence-corrected chi connectivity index (χ4v) is 2.16. The third-order valence-corrected chi connectivity index (χ3v) is 3.24. The molecule has 19 heavy (non-hydrogen) atoms. The third kappa shape index (κ3) is 3.75. The quantitative estimate of drug-likeness (QED) is 0.860. The molecule has 1 saturated heterocycles. The van der Waals surface area contributed by atoms with Crippen molar-refractivity contribution in [2.75, 3.05) is 24.5 Å². The molecular formula is C13H18ClN5. The summed E-state index contributed by atoms with van der Waals surface area (Å²) < 4.78 is 0. The lowest BCUT2D eigenvalue weighted by Crippen LogP contribution is -2.49. The molecular weight excluding hydrogens is 262 g/mol. The van der Waals surface area contributed by atoms with Gasteiger partial charge in [-0.25, -0.2) is 0 Å². The van der Waals surface area contributed by atoms with Crippen LogP contribution in [0.15, 0.2) is 17.3 Å². The van der Waals surface area contributed by atoms with E-state index in [9.17, 15) is 0 Å². The van der Waals surface area contributed by atoms with Crippen LogP contribution in [0.3, 0.4) is 0 Å². The molecule has 1 fully saturated rings. The number of anilines is 1. The van der Waals surface area contributed by atoms with Gasteiger partial charge >= 0.3 is 0 Å². The van der Waals surface area contributed by atoms with Gasteiger partial charge in [0.1, 0.15) is 0 Å². The van der Waals surface area contributed by atoms with Gasteiger partial charge in [0.05, 0.1) is 0 Å². The summed E-state index contributed by atoms with van der Waals surface area (Å²) >= 11 is 6.04. The van der Waals surface area contributed by atoms with E-state index < -0.39 is 0 Å². The molecule has 1 aromatic rings. The summed E-state index contributed by atoms with van der Waals surface area (Å²) in [6, 6.07) is 2.41. The van der Waals surface area contributed by atoms with Crippen molar-refractivity contribution in [3.05, 3.63) is 23.0 Å². The van der Waals surface area contributed by atoms with Crippen molar-refractivity contribution >= 4 is 29.7 Å². The number of hydrogen-bond acceptors (Lipinski definition) is 5. The highest BCUT2D eigenvalue weighted by Crippen LogP contribution is 2.20. The Morgan fingerprint density at radius 3 is 3.11 bits per heavy atom. The van der Waals surface area contributed by atoms with E-state index in [2.05, 4.69) is 32.3 Å². The summed E-state index contributed by atoms with van der Waals surface area (Å²) in [6.07, 6.45) is 5.26. The second-order valence-electron chi connectivity index (χ2n) is 4.47. The predicted octanol–water partition coefficient (Wildman–Crippen LogP) is 1.99. The fourth-order valence-electron chi connectivity index (χ4n) is 2.00. The minimum absolute atomic E-state index is 0.398. The molecule has 0 aromatic carbocycles. The topological polar surface area (TPSA) is 53.4 Å². The lowest BCUT2D eigenvalue weighted by Gasteiger charge is -2.32. The standard InChI is InChI=1S/C13H18ClN5/c1-3-15-5-4-11-8-12(17-18-13(11)14)19-7-6-16-10(2)9-19/h3-5,8,10,16H,6-7,9H2,1-2H3/b5-4-,15-3-. The number of rotatable bonds is 3. The SMILES string of the molecule is C/C=N\C=C/c1cc(N2CCNC(C)C2)nnc1Cl. The van der Waals surface area contributed by atoms with Gasteiger partial charge in [-0.2, -0.15) is 0 Å². The van der Waals surface area contributed by atoms with Gasteiger partial charge in [0.2, 0.25) is 0 Å². The van der Waals surface area contributed by atoms with E-state index >= 15 is 0 Å². The van der Waals surface area contributed by atoms with E-state index in [0.717, 1.165) is 31.0 Å². The largest absolute Gasteiger partial charge is 0.352 e. The monoisotopic (exact) mass is 279 g/mol. The highest BCUT2D eigenvalue weighted by molar-refractivity contribution is 6.30. The number of halogens is 1. The van der Waals surface area contributed by atoms with Gasteiger partial charge < -0.3 is 10.2 Å². The normalized spacial score (nSPS) is 20.6. The van der Waals surface area contributed by atoms with Gasteiger partial charge in [-0.1, -0.05) is 11.6 Å². The van der Waals surface area contributed by atoms with E-state index in [1.807, 2.05) is 19.1 Å². The van der Waals surface area contributed by atoms with Crippen LogP contribution in [0.4, 0.5) is 5.82 Å². The van der Waals surface area contributed by atoms with Gasteiger partial charge in [-0.15, -0.1) is 10.2 Å². The number of nitrogens with zero attached hydrogens (tertiary/aromatic N) is 4. The lowest BCUT2D eigenvalue weighted by molar-refractivity contribution is 0.481. The Balaban J connectivity index is 2.20. The van der Waals surface area contributed by atoms with Crippen LogP contribution in [0, 0.1) is 0 Å². The second-order valence-corrected chi connectivity index (χ2v) is 4.83. The van der Waals surface area contributed by atoms with Gasteiger partial charge in [0.25, 0.3) is 0 Å². The molecule has 1 aliphatic heterocycles. The second kappa shape index (κ2) is 6.63. The zero-order valence-corrected chi connectivity index (χ0v) is 11.9. The van der Waals surface area contributed by atoms with Gasteiger partial charge in [0.15, 0.2) is 11.0 Å². The van der Waals surface area contributed by atoms with Crippen LogP contribution < -0.4 is 10.2 Å². The van der Waals surface area contributed by atoms with E-state index in [1.54, 1.807) is 12.4 Å². The maximum Gasteiger partial charge on any atom is 0.159 e. The Bertz CT molecular complexity index is 486. The minimum atomic E-state index is 0.398. The molecule has 0 bridgehead atoms. The van der Waals surface area contributed by atoms with E-state index in [4.69, 9.17) is 11.6 Å². The zero-order chi connectivity index (χ0) is 13.7. The molecule has 0 radical (unpaired) electrons. The first-order valence-electron chi connectivity index (χ1n) is 6.36. The van der Waals surface area contributed by atoms with Crippen molar-refractivity contribution in [3.8, 4) is 0 Å². The number of piperazine rings is 1. The van der Waals surface area contributed by atoms with Crippen molar-refractivity contribution in [1.82, 2.24) is 15.5 Å². The van der Waals surface area contributed by atoms with Crippen LogP contribution >= 0.6 is 11.6 Å². The number of aliphatic imine (C=N–C) groups is 1. The predicted molar refractivity (Wildman–Crippen MR) is 79.9 cm³/mol. The molecule has 0 amide bonds. The Morgan fingerprint density at radius 2 is 2.37 bits per heavy atom. The van der Waals surface area contributed by atoms with E-state index in [1.165, 1.54) is 0 Å². The van der Waals surface area contributed by atoms with Crippen molar-refractivity contribution in [2.45, 2.75) is 19.9 Å². The Labute approximate surface area is 118 Å². The van der Waals surface area contributed by atoms with Crippen molar-refractivity contribution in [1.29, 1.82) is 0 Å². The van der Waals surface area contributed by atoms with Crippen molar-refractivity contribution < 1.29 is 0 Å². The van der Waals surface area contributed by atoms with Gasteiger partial charge in [-0.05, 0) is 26.0 Å². The highest BCUT2D eigenvalue weighted by atomic mass is 35.5. The Kier molecular flexibility index (Phi) is 4.87.